The molecule has 1 aliphatic heterocycles. The molecule has 0 saturated carbocycles. The van der Waals surface area contributed by atoms with Gasteiger partial charge in [0, 0.05) is 19.6 Å². The first-order chi connectivity index (χ1) is 14.0. The molecule has 0 unspecified atom stereocenters. The third-order valence-corrected chi connectivity index (χ3v) is 5.12. The van der Waals surface area contributed by atoms with Gasteiger partial charge in [-0.15, -0.1) is 0 Å². The second-order valence-corrected chi connectivity index (χ2v) is 7.38. The van der Waals surface area contributed by atoms with Gasteiger partial charge in [-0.2, -0.15) is 10.2 Å². The second-order valence-electron chi connectivity index (χ2n) is 6.61. The maximum absolute atomic E-state index is 13.1. The van der Waals surface area contributed by atoms with Gasteiger partial charge >= 0.3 is 0 Å². The lowest BCUT2D eigenvalue weighted by atomic mass is 10.3. The van der Waals surface area contributed by atoms with Crippen LogP contribution in [0.25, 0.3) is 5.69 Å². The molecule has 3 rings (SSSR count). The Morgan fingerprint density at radius 3 is 2.79 bits per heavy atom. The molecule has 156 valence electrons. The van der Waals surface area contributed by atoms with E-state index in [9.17, 15) is 4.39 Å². The first-order valence-electron chi connectivity index (χ1n) is 9.42. The van der Waals surface area contributed by atoms with Gasteiger partial charge in [0.25, 0.3) is 0 Å². The smallest absolute Gasteiger partial charge is 0.186 e. The average Bonchev–Trinajstić information content (AvgIpc) is 3.01. The van der Waals surface area contributed by atoms with Crippen LogP contribution in [0.2, 0.25) is 5.15 Å². The Kier molecular flexibility index (Phi) is 7.93. The Balaban J connectivity index is 1.47. The predicted octanol–water partition coefficient (Wildman–Crippen LogP) is 2.49. The van der Waals surface area contributed by atoms with Crippen molar-refractivity contribution in [1.29, 1.82) is 0 Å². The third kappa shape index (κ3) is 6.20. The molecule has 1 aromatic carbocycles. The maximum atomic E-state index is 13.1. The molecule has 1 fully saturated rings. The fourth-order valence-electron chi connectivity index (χ4n) is 2.94. The second kappa shape index (κ2) is 10.6. The highest BCUT2D eigenvalue weighted by Gasteiger charge is 2.13. The molecule has 29 heavy (non-hydrogen) atoms. The van der Waals surface area contributed by atoms with Crippen LogP contribution >= 0.6 is 23.8 Å². The van der Waals surface area contributed by atoms with E-state index in [2.05, 4.69) is 25.8 Å². The van der Waals surface area contributed by atoms with Gasteiger partial charge in [-0.1, -0.05) is 11.6 Å². The molecule has 0 atom stereocenters. The monoisotopic (exact) mass is 438 g/mol. The molecule has 1 aromatic heterocycles. The number of nitrogens with zero attached hydrogens (tertiary/aromatic N) is 4. The minimum Gasteiger partial charge on any atom is -0.379 e. The first-order valence-corrected chi connectivity index (χ1v) is 10.2. The number of hydrogen-bond donors (Lipinski definition) is 2. The molecule has 7 nitrogen and oxygen atoms in total. The lowest BCUT2D eigenvalue weighted by molar-refractivity contribution is 0.0376. The van der Waals surface area contributed by atoms with Crippen LogP contribution in [0.15, 0.2) is 29.4 Å². The summed E-state index contributed by atoms with van der Waals surface area (Å²) in [6.07, 6.45) is 2.56. The Labute approximate surface area is 179 Å². The number of rotatable bonds is 7. The van der Waals surface area contributed by atoms with Gasteiger partial charge in [-0.25, -0.2) is 9.07 Å². The lowest BCUT2D eigenvalue weighted by Crippen LogP contribution is -2.39. The molecule has 2 aromatic rings. The number of hydrazone groups is 1. The van der Waals surface area contributed by atoms with Gasteiger partial charge in [-0.05, 0) is 56.4 Å². The molecule has 2 heterocycles. The Hall–Kier alpha value is -2.07. The molecular formula is C19H24ClFN6OS. The highest BCUT2D eigenvalue weighted by atomic mass is 35.5. The van der Waals surface area contributed by atoms with E-state index in [-0.39, 0.29) is 5.82 Å². The minimum absolute atomic E-state index is 0.314. The van der Waals surface area contributed by atoms with Crippen molar-refractivity contribution in [1.82, 2.24) is 25.4 Å². The highest BCUT2D eigenvalue weighted by Crippen LogP contribution is 2.22. The zero-order valence-corrected chi connectivity index (χ0v) is 17.8. The fraction of sp³-hybridized carbons (Fsp3) is 0.421. The van der Waals surface area contributed by atoms with Gasteiger partial charge in [0.05, 0.1) is 36.4 Å². The summed E-state index contributed by atoms with van der Waals surface area (Å²) in [5, 5.41) is 12.5. The summed E-state index contributed by atoms with van der Waals surface area (Å²) in [6.45, 7) is 7.19. The normalized spacial score (nSPS) is 15.0. The topological polar surface area (TPSA) is 66.7 Å². The molecule has 0 spiro atoms. The maximum Gasteiger partial charge on any atom is 0.186 e. The van der Waals surface area contributed by atoms with Crippen molar-refractivity contribution < 1.29 is 9.13 Å². The van der Waals surface area contributed by atoms with E-state index < -0.39 is 0 Å². The number of halogens is 2. The van der Waals surface area contributed by atoms with Crippen LogP contribution < -0.4 is 10.7 Å². The Morgan fingerprint density at radius 1 is 1.34 bits per heavy atom. The SMILES string of the molecule is Cc1nn(-c2ccc(F)cc2)c(Cl)c1/C=N/NC(=S)NCCCN1CCOCC1. The van der Waals surface area contributed by atoms with Gasteiger partial charge in [0.15, 0.2) is 5.11 Å². The van der Waals surface area contributed by atoms with Crippen LogP contribution in [-0.4, -0.2) is 65.4 Å². The summed E-state index contributed by atoms with van der Waals surface area (Å²) in [6, 6.07) is 5.95. The minimum atomic E-state index is -0.314. The van der Waals surface area contributed by atoms with Crippen LogP contribution in [0.5, 0.6) is 0 Å². The van der Waals surface area contributed by atoms with Crippen molar-refractivity contribution in [2.45, 2.75) is 13.3 Å². The first kappa shape index (κ1) is 21.6. The summed E-state index contributed by atoms with van der Waals surface area (Å²) >= 11 is 11.7. The number of ether oxygens (including phenoxy) is 1. The number of benzene rings is 1. The predicted molar refractivity (Wildman–Crippen MR) is 116 cm³/mol. The van der Waals surface area contributed by atoms with Crippen molar-refractivity contribution in [2.24, 2.45) is 5.10 Å². The van der Waals surface area contributed by atoms with Gasteiger partial charge in [0.2, 0.25) is 0 Å². The number of nitrogens with one attached hydrogen (secondary N) is 2. The van der Waals surface area contributed by atoms with E-state index in [4.69, 9.17) is 28.6 Å². The summed E-state index contributed by atoms with van der Waals surface area (Å²) in [5.74, 6) is -0.314. The van der Waals surface area contributed by atoms with Gasteiger partial charge < -0.3 is 10.1 Å². The largest absolute Gasteiger partial charge is 0.379 e. The van der Waals surface area contributed by atoms with Gasteiger partial charge in [0.1, 0.15) is 11.0 Å². The molecule has 0 amide bonds. The summed E-state index contributed by atoms with van der Waals surface area (Å²) in [7, 11) is 0. The zero-order chi connectivity index (χ0) is 20.6. The fourth-order valence-corrected chi connectivity index (χ4v) is 3.41. The van der Waals surface area contributed by atoms with Crippen LogP contribution in [0.1, 0.15) is 17.7 Å². The van der Waals surface area contributed by atoms with Gasteiger partial charge in [-0.3, -0.25) is 10.3 Å². The van der Waals surface area contributed by atoms with E-state index in [1.165, 1.54) is 12.1 Å². The quantitative estimate of drug-likeness (QED) is 0.299. The third-order valence-electron chi connectivity index (χ3n) is 4.52. The molecular weight excluding hydrogens is 415 g/mol. The summed E-state index contributed by atoms with van der Waals surface area (Å²) < 4.78 is 20.0. The molecule has 0 bridgehead atoms. The standard InChI is InChI=1S/C19H24ClFN6OS/c1-14-17(18(20)27(25-14)16-5-3-15(21)4-6-16)13-23-24-19(29)22-7-2-8-26-9-11-28-12-10-26/h3-6,13H,2,7-12H2,1H3,(H2,22,24,29)/b23-13+. The number of morpholine rings is 1. The lowest BCUT2D eigenvalue weighted by Gasteiger charge is -2.26. The van der Waals surface area contributed by atoms with Crippen molar-refractivity contribution in [3.63, 3.8) is 0 Å². The van der Waals surface area contributed by atoms with Crippen molar-refractivity contribution in [2.75, 3.05) is 39.4 Å². The Morgan fingerprint density at radius 2 is 2.07 bits per heavy atom. The number of aryl methyl sites for hydroxylation is 1. The number of thiocarbonyl (C=S) groups is 1. The number of aromatic nitrogens is 2. The summed E-state index contributed by atoms with van der Waals surface area (Å²) in [5.41, 5.74) is 4.83. The summed E-state index contributed by atoms with van der Waals surface area (Å²) in [4.78, 5) is 2.38. The van der Waals surface area contributed by atoms with Crippen LogP contribution in [0.3, 0.4) is 0 Å². The molecule has 1 saturated heterocycles. The van der Waals surface area contributed by atoms with Crippen LogP contribution in [0.4, 0.5) is 4.39 Å². The molecule has 0 radical (unpaired) electrons. The van der Waals surface area contributed by atoms with E-state index in [1.54, 1.807) is 23.0 Å². The van der Waals surface area contributed by atoms with E-state index >= 15 is 0 Å². The van der Waals surface area contributed by atoms with Crippen molar-refractivity contribution >= 4 is 35.1 Å². The van der Waals surface area contributed by atoms with Crippen molar-refractivity contribution in [3.8, 4) is 5.69 Å². The number of hydrogen-bond acceptors (Lipinski definition) is 5. The van der Waals surface area contributed by atoms with E-state index in [1.807, 2.05) is 6.92 Å². The van der Waals surface area contributed by atoms with Crippen LogP contribution in [0, 0.1) is 12.7 Å². The zero-order valence-electron chi connectivity index (χ0n) is 16.2. The highest BCUT2D eigenvalue weighted by molar-refractivity contribution is 7.80. The Bertz CT molecular complexity index is 851. The van der Waals surface area contributed by atoms with E-state index in [0.717, 1.165) is 45.8 Å². The van der Waals surface area contributed by atoms with E-state index in [0.29, 0.717) is 27.2 Å². The van der Waals surface area contributed by atoms with Crippen molar-refractivity contribution in [3.05, 3.63) is 46.5 Å². The molecule has 10 heteroatoms. The average molecular weight is 439 g/mol. The van der Waals surface area contributed by atoms with Crippen LogP contribution in [-0.2, 0) is 4.74 Å². The molecule has 0 aliphatic carbocycles. The molecule has 2 N–H and O–H groups in total. The molecule has 1 aliphatic rings.